The number of amides is 1. The molecule has 2 heterocycles. The lowest BCUT2D eigenvalue weighted by molar-refractivity contribution is -0.125. The number of hydrogen-bond donors (Lipinski definition) is 1. The van der Waals surface area contributed by atoms with Gasteiger partial charge in [0, 0.05) is 23.7 Å². The molecule has 2 aromatic carbocycles. The Kier molecular flexibility index (Phi) is 4.69. The molecule has 7 nitrogen and oxygen atoms in total. The molecule has 0 radical (unpaired) electrons. The molecule has 29 heavy (non-hydrogen) atoms. The fourth-order valence-corrected chi connectivity index (χ4v) is 4.53. The second-order valence-electron chi connectivity index (χ2n) is 8.21. The van der Waals surface area contributed by atoms with Crippen LogP contribution in [0.25, 0.3) is 0 Å². The van der Waals surface area contributed by atoms with Crippen LogP contribution >= 0.6 is 0 Å². The quantitative estimate of drug-likeness (QED) is 0.831. The third-order valence-corrected chi connectivity index (χ3v) is 6.32. The molecular formula is C21H24N2O5S. The summed E-state index contributed by atoms with van der Waals surface area (Å²) < 4.78 is 39.3. The topological polar surface area (TPSA) is 84.9 Å². The van der Waals surface area contributed by atoms with Crippen LogP contribution in [0, 0.1) is 5.41 Å². The Morgan fingerprint density at radius 2 is 1.76 bits per heavy atom. The van der Waals surface area contributed by atoms with E-state index in [1.165, 1.54) is 12.1 Å². The van der Waals surface area contributed by atoms with Crippen molar-refractivity contribution in [1.29, 1.82) is 0 Å². The fourth-order valence-electron chi connectivity index (χ4n) is 3.46. The van der Waals surface area contributed by atoms with E-state index >= 15 is 0 Å². The zero-order valence-electron chi connectivity index (χ0n) is 16.7. The summed E-state index contributed by atoms with van der Waals surface area (Å²) in [7, 11) is -3.82. The normalized spacial score (nSPS) is 15.8. The number of nitrogens with zero attached hydrogens (tertiary/aromatic N) is 1. The minimum atomic E-state index is -3.82. The number of fused-ring (bicyclic) bond motifs is 2. The monoisotopic (exact) mass is 416 g/mol. The molecule has 0 saturated heterocycles. The van der Waals surface area contributed by atoms with E-state index in [-0.39, 0.29) is 10.8 Å². The lowest BCUT2D eigenvalue weighted by Crippen LogP contribution is -2.38. The van der Waals surface area contributed by atoms with Crippen LogP contribution in [-0.2, 0) is 21.2 Å². The molecule has 0 aliphatic carbocycles. The lowest BCUT2D eigenvalue weighted by Gasteiger charge is -2.26. The molecule has 154 valence electrons. The van der Waals surface area contributed by atoms with Crippen molar-refractivity contribution in [2.75, 3.05) is 29.4 Å². The molecule has 1 amide bonds. The van der Waals surface area contributed by atoms with Gasteiger partial charge < -0.3 is 14.4 Å². The van der Waals surface area contributed by atoms with Gasteiger partial charge in [0.1, 0.15) is 13.2 Å². The first kappa shape index (κ1) is 19.6. The molecule has 0 atom stereocenters. The van der Waals surface area contributed by atoms with Gasteiger partial charge in [-0.3, -0.25) is 9.52 Å². The molecule has 0 unspecified atom stereocenters. The Morgan fingerprint density at radius 1 is 1.03 bits per heavy atom. The van der Waals surface area contributed by atoms with E-state index in [4.69, 9.17) is 9.47 Å². The number of carbonyl (C=O) groups excluding carboxylic acids is 1. The van der Waals surface area contributed by atoms with E-state index in [9.17, 15) is 13.2 Å². The molecule has 4 rings (SSSR count). The molecule has 0 spiro atoms. The molecule has 0 fully saturated rings. The van der Waals surface area contributed by atoms with Gasteiger partial charge in [0.05, 0.1) is 10.6 Å². The summed E-state index contributed by atoms with van der Waals surface area (Å²) in [4.78, 5) is 14.6. The number of benzene rings is 2. The first-order valence-corrected chi connectivity index (χ1v) is 11.0. The highest BCUT2D eigenvalue weighted by Crippen LogP contribution is 2.36. The highest BCUT2D eigenvalue weighted by atomic mass is 32.2. The van der Waals surface area contributed by atoms with Gasteiger partial charge in [-0.05, 0) is 36.2 Å². The summed E-state index contributed by atoms with van der Waals surface area (Å²) >= 11 is 0. The van der Waals surface area contributed by atoms with Crippen LogP contribution in [-0.4, -0.2) is 34.1 Å². The average molecular weight is 416 g/mol. The van der Waals surface area contributed by atoms with Crippen LogP contribution in [0.4, 0.5) is 11.4 Å². The second kappa shape index (κ2) is 6.95. The fraction of sp³-hybridized carbons (Fsp3) is 0.381. The van der Waals surface area contributed by atoms with Crippen LogP contribution in [0.3, 0.4) is 0 Å². The molecule has 1 N–H and O–H groups in total. The van der Waals surface area contributed by atoms with Crippen LogP contribution < -0.4 is 19.1 Å². The smallest absolute Gasteiger partial charge is 0.262 e. The number of rotatable bonds is 3. The summed E-state index contributed by atoms with van der Waals surface area (Å²) in [6, 6.07) is 9.85. The van der Waals surface area contributed by atoms with Crippen molar-refractivity contribution in [3.63, 3.8) is 0 Å². The molecule has 2 aromatic rings. The summed E-state index contributed by atoms with van der Waals surface area (Å²) in [6.45, 7) is 7.05. The van der Waals surface area contributed by atoms with Gasteiger partial charge in [-0.2, -0.15) is 0 Å². The predicted molar refractivity (Wildman–Crippen MR) is 110 cm³/mol. The molecular weight excluding hydrogens is 392 g/mol. The number of ether oxygens (including phenoxy) is 2. The Bertz CT molecular complexity index is 1070. The Hall–Kier alpha value is -2.74. The van der Waals surface area contributed by atoms with E-state index in [1.807, 2.05) is 26.8 Å². The Labute approximate surface area is 170 Å². The number of nitrogens with one attached hydrogen (secondary N) is 1. The van der Waals surface area contributed by atoms with E-state index in [0.29, 0.717) is 36.9 Å². The van der Waals surface area contributed by atoms with Crippen molar-refractivity contribution < 1.29 is 22.7 Å². The van der Waals surface area contributed by atoms with Gasteiger partial charge in [-0.1, -0.05) is 26.8 Å². The zero-order chi connectivity index (χ0) is 20.8. The van der Waals surface area contributed by atoms with Crippen LogP contribution in [0.5, 0.6) is 11.5 Å². The standard InChI is InChI=1S/C21H24N2O5S/c1-21(2,3)20(24)23-9-8-14-4-5-15(12-17(14)23)22-29(25,26)16-6-7-18-19(13-16)28-11-10-27-18/h4-7,12-13,22H,8-11H2,1-3H3. The van der Waals surface area contributed by atoms with E-state index < -0.39 is 15.4 Å². The zero-order valence-corrected chi connectivity index (χ0v) is 17.5. The highest BCUT2D eigenvalue weighted by Gasteiger charge is 2.32. The molecule has 2 aliphatic heterocycles. The largest absolute Gasteiger partial charge is 0.486 e. The van der Waals surface area contributed by atoms with Crippen molar-refractivity contribution in [2.45, 2.75) is 32.1 Å². The first-order valence-electron chi connectivity index (χ1n) is 9.52. The van der Waals surface area contributed by atoms with Gasteiger partial charge in [-0.25, -0.2) is 8.42 Å². The molecule has 0 bridgehead atoms. The van der Waals surface area contributed by atoms with E-state index in [2.05, 4.69) is 4.72 Å². The van der Waals surface area contributed by atoms with Crippen molar-refractivity contribution in [3.05, 3.63) is 42.0 Å². The molecule has 0 aromatic heterocycles. The van der Waals surface area contributed by atoms with Crippen LogP contribution in [0.2, 0.25) is 0 Å². The van der Waals surface area contributed by atoms with Gasteiger partial charge in [0.15, 0.2) is 11.5 Å². The Morgan fingerprint density at radius 3 is 2.48 bits per heavy atom. The Balaban J connectivity index is 1.61. The third kappa shape index (κ3) is 3.76. The maximum absolute atomic E-state index is 12.9. The predicted octanol–water partition coefficient (Wildman–Crippen LogP) is 3.19. The van der Waals surface area contributed by atoms with Gasteiger partial charge in [0.2, 0.25) is 5.91 Å². The molecule has 2 aliphatic rings. The minimum Gasteiger partial charge on any atom is -0.486 e. The molecule has 0 saturated carbocycles. The maximum Gasteiger partial charge on any atom is 0.262 e. The van der Waals surface area contributed by atoms with Gasteiger partial charge in [-0.15, -0.1) is 0 Å². The molecule has 8 heteroatoms. The minimum absolute atomic E-state index is 0.0168. The van der Waals surface area contributed by atoms with Gasteiger partial charge in [0.25, 0.3) is 10.0 Å². The highest BCUT2D eigenvalue weighted by molar-refractivity contribution is 7.92. The van der Waals surface area contributed by atoms with Crippen molar-refractivity contribution in [3.8, 4) is 11.5 Å². The summed E-state index contributed by atoms with van der Waals surface area (Å²) in [5.41, 5.74) is 1.69. The summed E-state index contributed by atoms with van der Waals surface area (Å²) in [5, 5.41) is 0. The van der Waals surface area contributed by atoms with Gasteiger partial charge >= 0.3 is 0 Å². The summed E-state index contributed by atoms with van der Waals surface area (Å²) in [5.74, 6) is 0.960. The average Bonchev–Trinajstić information content (AvgIpc) is 3.09. The summed E-state index contributed by atoms with van der Waals surface area (Å²) in [6.07, 6.45) is 0.756. The number of hydrogen-bond acceptors (Lipinski definition) is 5. The first-order chi connectivity index (χ1) is 13.6. The SMILES string of the molecule is CC(C)(C)C(=O)N1CCc2ccc(NS(=O)(=O)c3ccc4c(c3)OCCO4)cc21. The van der Waals surface area contributed by atoms with Crippen molar-refractivity contribution in [1.82, 2.24) is 0 Å². The van der Waals surface area contributed by atoms with Crippen molar-refractivity contribution >= 4 is 27.3 Å². The van der Waals surface area contributed by atoms with E-state index in [0.717, 1.165) is 17.7 Å². The van der Waals surface area contributed by atoms with Crippen LogP contribution in [0.15, 0.2) is 41.3 Å². The maximum atomic E-state index is 12.9. The van der Waals surface area contributed by atoms with Crippen molar-refractivity contribution in [2.24, 2.45) is 5.41 Å². The number of anilines is 2. The lowest BCUT2D eigenvalue weighted by atomic mass is 9.94. The van der Waals surface area contributed by atoms with E-state index in [1.54, 1.807) is 23.1 Å². The third-order valence-electron chi connectivity index (χ3n) is 4.94. The number of carbonyl (C=O) groups is 1. The van der Waals surface area contributed by atoms with Crippen LogP contribution in [0.1, 0.15) is 26.3 Å². The second-order valence-corrected chi connectivity index (χ2v) is 9.89. The number of sulfonamides is 1.